The van der Waals surface area contributed by atoms with Crippen molar-refractivity contribution in [1.82, 2.24) is 10.2 Å². The SMILES string of the molecule is CCC1(C)CN(Cc2ccc(F)cc2Br)C(C2CC2)CN1. The number of piperazine rings is 1. The van der Waals surface area contributed by atoms with Crippen molar-refractivity contribution >= 4 is 15.9 Å². The van der Waals surface area contributed by atoms with Gasteiger partial charge in [-0.05, 0) is 49.8 Å². The minimum absolute atomic E-state index is 0.178. The predicted molar refractivity (Wildman–Crippen MR) is 87.7 cm³/mol. The Labute approximate surface area is 135 Å². The van der Waals surface area contributed by atoms with Crippen LogP contribution in [-0.4, -0.2) is 29.6 Å². The van der Waals surface area contributed by atoms with Crippen molar-refractivity contribution in [3.05, 3.63) is 34.1 Å². The van der Waals surface area contributed by atoms with Gasteiger partial charge in [0.25, 0.3) is 0 Å². The van der Waals surface area contributed by atoms with Crippen LogP contribution < -0.4 is 5.32 Å². The van der Waals surface area contributed by atoms with Crippen molar-refractivity contribution in [2.45, 2.75) is 51.2 Å². The molecular formula is C17H24BrFN2. The molecule has 0 bridgehead atoms. The Morgan fingerprint density at radius 2 is 2.19 bits per heavy atom. The minimum Gasteiger partial charge on any atom is -0.309 e. The zero-order valence-electron chi connectivity index (χ0n) is 12.8. The van der Waals surface area contributed by atoms with Crippen molar-refractivity contribution in [3.63, 3.8) is 0 Å². The molecule has 1 aromatic carbocycles. The van der Waals surface area contributed by atoms with Crippen LogP contribution in [0.5, 0.6) is 0 Å². The zero-order valence-corrected chi connectivity index (χ0v) is 14.4. The highest BCUT2D eigenvalue weighted by Crippen LogP contribution is 2.38. The van der Waals surface area contributed by atoms with Gasteiger partial charge >= 0.3 is 0 Å². The van der Waals surface area contributed by atoms with Gasteiger partial charge in [0, 0.05) is 35.7 Å². The Morgan fingerprint density at radius 1 is 1.43 bits per heavy atom. The highest BCUT2D eigenvalue weighted by molar-refractivity contribution is 9.10. The number of hydrogen-bond donors (Lipinski definition) is 1. The first-order valence-corrected chi connectivity index (χ1v) is 8.73. The van der Waals surface area contributed by atoms with Crippen molar-refractivity contribution in [2.24, 2.45) is 5.92 Å². The third kappa shape index (κ3) is 3.49. The summed E-state index contributed by atoms with van der Waals surface area (Å²) >= 11 is 3.51. The summed E-state index contributed by atoms with van der Waals surface area (Å²) in [5.74, 6) is 0.668. The Hall–Kier alpha value is -0.450. The van der Waals surface area contributed by atoms with Crippen molar-refractivity contribution in [3.8, 4) is 0 Å². The quantitative estimate of drug-likeness (QED) is 0.880. The number of rotatable bonds is 4. The molecule has 0 radical (unpaired) electrons. The van der Waals surface area contributed by atoms with Gasteiger partial charge in [-0.1, -0.05) is 28.9 Å². The standard InChI is InChI=1S/C17H24BrFN2/c1-3-17(2)11-21(16(9-20-17)12-4-5-12)10-13-6-7-14(19)8-15(13)18/h6-8,12,16,20H,3-5,9-11H2,1-2H3. The highest BCUT2D eigenvalue weighted by Gasteiger charge is 2.41. The summed E-state index contributed by atoms with van der Waals surface area (Å²) in [7, 11) is 0. The van der Waals surface area contributed by atoms with E-state index in [1.807, 2.05) is 6.07 Å². The fraction of sp³-hybridized carbons (Fsp3) is 0.647. The van der Waals surface area contributed by atoms with Gasteiger partial charge in [0.2, 0.25) is 0 Å². The molecule has 2 unspecified atom stereocenters. The molecule has 0 spiro atoms. The first-order valence-electron chi connectivity index (χ1n) is 7.94. The van der Waals surface area contributed by atoms with Crippen LogP contribution >= 0.6 is 15.9 Å². The molecule has 0 aromatic heterocycles. The van der Waals surface area contributed by atoms with E-state index in [1.165, 1.54) is 18.4 Å². The molecule has 21 heavy (non-hydrogen) atoms. The lowest BCUT2D eigenvalue weighted by Crippen LogP contribution is -2.62. The van der Waals surface area contributed by atoms with E-state index in [9.17, 15) is 4.39 Å². The second-order valence-corrected chi connectivity index (χ2v) is 7.69. The molecule has 0 amide bonds. The van der Waals surface area contributed by atoms with Crippen molar-refractivity contribution in [2.75, 3.05) is 13.1 Å². The highest BCUT2D eigenvalue weighted by atomic mass is 79.9. The summed E-state index contributed by atoms with van der Waals surface area (Å²) in [6, 6.07) is 5.67. The minimum atomic E-state index is -0.178. The summed E-state index contributed by atoms with van der Waals surface area (Å²) in [6.45, 7) is 7.60. The first-order chi connectivity index (χ1) is 10.0. The number of nitrogens with one attached hydrogen (secondary N) is 1. The van der Waals surface area contributed by atoms with E-state index in [2.05, 4.69) is 40.0 Å². The monoisotopic (exact) mass is 354 g/mol. The van der Waals surface area contributed by atoms with E-state index in [0.29, 0.717) is 6.04 Å². The predicted octanol–water partition coefficient (Wildman–Crippen LogP) is 3.94. The second kappa shape index (κ2) is 5.98. The number of nitrogens with zero attached hydrogens (tertiary/aromatic N) is 1. The number of halogens is 2. The lowest BCUT2D eigenvalue weighted by atomic mass is 9.91. The van der Waals surface area contributed by atoms with E-state index in [1.54, 1.807) is 12.1 Å². The van der Waals surface area contributed by atoms with Gasteiger partial charge in [-0.25, -0.2) is 4.39 Å². The van der Waals surface area contributed by atoms with Crippen molar-refractivity contribution < 1.29 is 4.39 Å². The average Bonchev–Trinajstić information content (AvgIpc) is 3.27. The summed E-state index contributed by atoms with van der Waals surface area (Å²) in [5.41, 5.74) is 1.38. The summed E-state index contributed by atoms with van der Waals surface area (Å²) in [6.07, 6.45) is 3.85. The lowest BCUT2D eigenvalue weighted by molar-refractivity contribution is 0.0660. The molecule has 1 heterocycles. The zero-order chi connectivity index (χ0) is 15.0. The molecule has 2 fully saturated rings. The Balaban J connectivity index is 1.78. The Kier molecular flexibility index (Phi) is 4.40. The van der Waals surface area contributed by atoms with E-state index < -0.39 is 0 Å². The fourth-order valence-corrected chi connectivity index (χ4v) is 3.80. The molecule has 1 aromatic rings. The molecule has 2 aliphatic rings. The Morgan fingerprint density at radius 3 is 2.81 bits per heavy atom. The van der Waals surface area contributed by atoms with E-state index >= 15 is 0 Å². The van der Waals surface area contributed by atoms with E-state index in [0.717, 1.165) is 36.4 Å². The lowest BCUT2D eigenvalue weighted by Gasteiger charge is -2.46. The van der Waals surface area contributed by atoms with Crippen molar-refractivity contribution in [1.29, 1.82) is 0 Å². The third-order valence-electron chi connectivity index (χ3n) is 5.09. The van der Waals surface area contributed by atoms with Crippen LogP contribution in [0.2, 0.25) is 0 Å². The van der Waals surface area contributed by atoms with Crippen LogP contribution in [0.3, 0.4) is 0 Å². The van der Waals surface area contributed by atoms with Crippen LogP contribution in [0.25, 0.3) is 0 Å². The number of hydrogen-bond acceptors (Lipinski definition) is 2. The van der Waals surface area contributed by atoms with Crippen LogP contribution in [0.1, 0.15) is 38.7 Å². The average molecular weight is 355 g/mol. The Bertz CT molecular complexity index is 518. The van der Waals surface area contributed by atoms with Gasteiger partial charge in [0.05, 0.1) is 0 Å². The summed E-state index contributed by atoms with van der Waals surface area (Å²) < 4.78 is 14.1. The molecule has 116 valence electrons. The fourth-order valence-electron chi connectivity index (χ4n) is 3.33. The van der Waals surface area contributed by atoms with E-state index in [-0.39, 0.29) is 11.4 Å². The molecule has 1 saturated heterocycles. The molecular weight excluding hydrogens is 331 g/mol. The van der Waals surface area contributed by atoms with Crippen LogP contribution in [-0.2, 0) is 6.54 Å². The summed E-state index contributed by atoms with van der Waals surface area (Å²) in [5, 5.41) is 3.74. The second-order valence-electron chi connectivity index (χ2n) is 6.84. The molecule has 3 rings (SSSR count). The van der Waals surface area contributed by atoms with Gasteiger partial charge < -0.3 is 5.32 Å². The molecule has 1 saturated carbocycles. The molecule has 2 atom stereocenters. The van der Waals surface area contributed by atoms with Gasteiger partial charge in [-0.3, -0.25) is 4.90 Å². The molecule has 2 nitrogen and oxygen atoms in total. The molecule has 1 aliphatic carbocycles. The summed E-state index contributed by atoms with van der Waals surface area (Å²) in [4.78, 5) is 2.61. The smallest absolute Gasteiger partial charge is 0.124 e. The number of benzene rings is 1. The maximum atomic E-state index is 13.3. The van der Waals surface area contributed by atoms with Crippen LogP contribution in [0, 0.1) is 11.7 Å². The van der Waals surface area contributed by atoms with E-state index in [4.69, 9.17) is 0 Å². The van der Waals surface area contributed by atoms with Gasteiger partial charge in [0.15, 0.2) is 0 Å². The molecule has 1 aliphatic heterocycles. The first kappa shape index (κ1) is 15.4. The van der Waals surface area contributed by atoms with Gasteiger partial charge in [-0.2, -0.15) is 0 Å². The topological polar surface area (TPSA) is 15.3 Å². The molecule has 4 heteroatoms. The van der Waals surface area contributed by atoms with Crippen LogP contribution in [0.15, 0.2) is 22.7 Å². The third-order valence-corrected chi connectivity index (χ3v) is 5.83. The van der Waals surface area contributed by atoms with Gasteiger partial charge in [0.1, 0.15) is 5.82 Å². The maximum Gasteiger partial charge on any atom is 0.124 e. The molecule has 1 N–H and O–H groups in total. The normalized spacial score (nSPS) is 30.6. The maximum absolute atomic E-state index is 13.3. The van der Waals surface area contributed by atoms with Gasteiger partial charge in [-0.15, -0.1) is 0 Å². The van der Waals surface area contributed by atoms with Crippen LogP contribution in [0.4, 0.5) is 4.39 Å². The largest absolute Gasteiger partial charge is 0.309 e.